The van der Waals surface area contributed by atoms with Gasteiger partial charge in [0.1, 0.15) is 0 Å². The summed E-state index contributed by atoms with van der Waals surface area (Å²) >= 11 is 0. The van der Waals surface area contributed by atoms with Crippen LogP contribution in [0, 0.1) is 0 Å². The minimum Gasteiger partial charge on any atom is -0.398 e. The molecule has 0 atom stereocenters. The van der Waals surface area contributed by atoms with Gasteiger partial charge in [0.15, 0.2) is 0 Å². The Morgan fingerprint density at radius 3 is 2.25 bits per heavy atom. The van der Waals surface area contributed by atoms with Crippen LogP contribution in [-0.2, 0) is 0 Å². The minimum atomic E-state index is -0.427. The Labute approximate surface area is 115 Å². The maximum absolute atomic E-state index is 11.7. The zero-order valence-electron chi connectivity index (χ0n) is 10.7. The van der Waals surface area contributed by atoms with Crippen molar-refractivity contribution in [3.8, 4) is 0 Å². The van der Waals surface area contributed by atoms with E-state index in [1.165, 1.54) is 0 Å². The number of carbonyl (C=O) groups excluding carboxylic acids is 1. The fourth-order valence-electron chi connectivity index (χ4n) is 3.04. The van der Waals surface area contributed by atoms with Crippen LogP contribution in [0.1, 0.15) is 10.4 Å². The number of anilines is 1. The molecule has 0 aromatic heterocycles. The molecule has 0 unspecified atom stereocenters. The first-order valence-corrected chi connectivity index (χ1v) is 6.42. The summed E-state index contributed by atoms with van der Waals surface area (Å²) in [6.45, 7) is 0. The van der Waals surface area contributed by atoms with Gasteiger partial charge in [0.05, 0.1) is 0 Å². The Bertz CT molecular complexity index is 988. The molecule has 3 nitrogen and oxygen atoms in total. The van der Waals surface area contributed by atoms with Crippen LogP contribution >= 0.6 is 0 Å². The topological polar surface area (TPSA) is 69.1 Å². The van der Waals surface area contributed by atoms with E-state index in [0.29, 0.717) is 11.3 Å². The summed E-state index contributed by atoms with van der Waals surface area (Å²) in [6, 6.07) is 15.7. The van der Waals surface area contributed by atoms with Crippen LogP contribution in [0.5, 0.6) is 0 Å². The van der Waals surface area contributed by atoms with Crippen molar-refractivity contribution in [2.75, 3.05) is 5.73 Å². The summed E-state index contributed by atoms with van der Waals surface area (Å²) in [6.07, 6.45) is 0. The van der Waals surface area contributed by atoms with Gasteiger partial charge in [0.25, 0.3) is 0 Å². The number of rotatable bonds is 1. The van der Waals surface area contributed by atoms with E-state index in [1.54, 1.807) is 0 Å². The van der Waals surface area contributed by atoms with Crippen LogP contribution < -0.4 is 11.5 Å². The second-order valence-electron chi connectivity index (χ2n) is 5.06. The Balaban J connectivity index is 2.44. The number of nitrogen functional groups attached to an aromatic ring is 1. The maximum Gasteiger partial charge on any atom is 0.249 e. The molecule has 96 valence electrons. The molecular weight excluding hydrogens is 248 g/mol. The van der Waals surface area contributed by atoms with Crippen LogP contribution in [0.2, 0.25) is 0 Å². The van der Waals surface area contributed by atoms with Crippen LogP contribution in [0.4, 0.5) is 5.69 Å². The quantitative estimate of drug-likeness (QED) is 0.407. The summed E-state index contributed by atoms with van der Waals surface area (Å²) in [5.41, 5.74) is 12.8. The normalized spacial score (nSPS) is 11.6. The molecule has 0 heterocycles. The number of hydrogen-bond donors (Lipinski definition) is 2. The molecule has 0 radical (unpaired) electrons. The number of amides is 1. The van der Waals surface area contributed by atoms with Crippen molar-refractivity contribution in [1.29, 1.82) is 0 Å². The first kappa shape index (κ1) is 11.1. The second-order valence-corrected chi connectivity index (χ2v) is 5.06. The highest BCUT2D eigenvalue weighted by Crippen LogP contribution is 2.38. The summed E-state index contributed by atoms with van der Waals surface area (Å²) in [5.74, 6) is -0.427. The molecule has 20 heavy (non-hydrogen) atoms. The van der Waals surface area contributed by atoms with Gasteiger partial charge in [-0.2, -0.15) is 0 Å². The van der Waals surface area contributed by atoms with E-state index in [2.05, 4.69) is 12.1 Å². The number of hydrogen-bond acceptors (Lipinski definition) is 2. The van der Waals surface area contributed by atoms with Gasteiger partial charge in [0.2, 0.25) is 5.91 Å². The van der Waals surface area contributed by atoms with E-state index in [-0.39, 0.29) is 0 Å². The summed E-state index contributed by atoms with van der Waals surface area (Å²) < 4.78 is 0. The average Bonchev–Trinajstić information content (AvgIpc) is 2.46. The van der Waals surface area contributed by atoms with Crippen LogP contribution in [0.3, 0.4) is 0 Å². The highest BCUT2D eigenvalue weighted by molar-refractivity contribution is 6.28. The molecule has 4 aromatic carbocycles. The van der Waals surface area contributed by atoms with Gasteiger partial charge in [-0.05, 0) is 39.1 Å². The lowest BCUT2D eigenvalue weighted by atomic mass is 9.90. The number of benzene rings is 4. The zero-order chi connectivity index (χ0) is 13.9. The maximum atomic E-state index is 11.7. The molecule has 0 spiro atoms. The van der Waals surface area contributed by atoms with E-state index in [1.807, 2.05) is 36.4 Å². The van der Waals surface area contributed by atoms with Gasteiger partial charge >= 0.3 is 0 Å². The molecule has 1 amide bonds. The van der Waals surface area contributed by atoms with Gasteiger partial charge in [-0.3, -0.25) is 4.79 Å². The third-order valence-electron chi connectivity index (χ3n) is 3.94. The van der Waals surface area contributed by atoms with E-state index in [9.17, 15) is 4.79 Å². The predicted molar refractivity (Wildman–Crippen MR) is 83.1 cm³/mol. The van der Waals surface area contributed by atoms with E-state index < -0.39 is 5.91 Å². The Morgan fingerprint density at radius 1 is 0.850 bits per heavy atom. The van der Waals surface area contributed by atoms with Crippen molar-refractivity contribution in [2.45, 2.75) is 0 Å². The van der Waals surface area contributed by atoms with Crippen molar-refractivity contribution in [3.05, 3.63) is 54.1 Å². The largest absolute Gasteiger partial charge is 0.398 e. The Kier molecular flexibility index (Phi) is 1.99. The number of primary amides is 1. The SMILES string of the molecule is NC(=O)c1cc2c(N)ccc3ccc4cccc1c4c32. The number of nitrogens with two attached hydrogens (primary N) is 2. The summed E-state index contributed by atoms with van der Waals surface area (Å²) in [4.78, 5) is 11.7. The molecular formula is C17H12N2O. The minimum absolute atomic E-state index is 0.427. The molecule has 0 aliphatic heterocycles. The standard InChI is InChI=1S/C17H12N2O/c18-14-7-6-10-5-4-9-2-1-3-11-12(17(19)20)8-13(14)16(10)15(9)11/h1-8H,18H2,(H2,19,20). The molecule has 0 aliphatic rings. The molecule has 0 saturated carbocycles. The van der Waals surface area contributed by atoms with E-state index in [4.69, 9.17) is 11.5 Å². The first-order chi connectivity index (χ1) is 9.66. The van der Waals surface area contributed by atoms with Gasteiger partial charge in [0, 0.05) is 16.6 Å². The van der Waals surface area contributed by atoms with E-state index in [0.717, 1.165) is 32.3 Å². The smallest absolute Gasteiger partial charge is 0.249 e. The third-order valence-corrected chi connectivity index (χ3v) is 3.94. The lowest BCUT2D eigenvalue weighted by Gasteiger charge is -2.14. The fourth-order valence-corrected chi connectivity index (χ4v) is 3.04. The second kappa shape index (κ2) is 3.61. The van der Waals surface area contributed by atoms with Crippen LogP contribution in [0.15, 0.2) is 48.5 Å². The molecule has 4 rings (SSSR count). The van der Waals surface area contributed by atoms with Crippen LogP contribution in [0.25, 0.3) is 32.3 Å². The molecule has 3 heteroatoms. The molecule has 0 saturated heterocycles. The van der Waals surface area contributed by atoms with E-state index >= 15 is 0 Å². The lowest BCUT2D eigenvalue weighted by molar-refractivity contribution is 0.100. The molecule has 0 fully saturated rings. The third kappa shape index (κ3) is 1.26. The van der Waals surface area contributed by atoms with Gasteiger partial charge in [-0.1, -0.05) is 36.4 Å². The number of carbonyl (C=O) groups is 1. The molecule has 4 N–H and O–H groups in total. The lowest BCUT2D eigenvalue weighted by Crippen LogP contribution is -2.11. The van der Waals surface area contributed by atoms with Gasteiger partial charge in [-0.25, -0.2) is 0 Å². The molecule has 0 bridgehead atoms. The first-order valence-electron chi connectivity index (χ1n) is 6.42. The average molecular weight is 260 g/mol. The monoisotopic (exact) mass is 260 g/mol. The Hall–Kier alpha value is -2.81. The van der Waals surface area contributed by atoms with Crippen molar-refractivity contribution < 1.29 is 4.79 Å². The summed E-state index contributed by atoms with van der Waals surface area (Å²) in [5, 5.41) is 6.15. The highest BCUT2D eigenvalue weighted by atomic mass is 16.1. The van der Waals surface area contributed by atoms with Crippen molar-refractivity contribution >= 4 is 43.9 Å². The van der Waals surface area contributed by atoms with Gasteiger partial charge in [-0.15, -0.1) is 0 Å². The molecule has 0 aliphatic carbocycles. The molecule has 4 aromatic rings. The van der Waals surface area contributed by atoms with Crippen LogP contribution in [-0.4, -0.2) is 5.91 Å². The van der Waals surface area contributed by atoms with Crippen molar-refractivity contribution in [3.63, 3.8) is 0 Å². The van der Waals surface area contributed by atoms with Crippen molar-refractivity contribution in [2.24, 2.45) is 5.73 Å². The predicted octanol–water partition coefficient (Wildman–Crippen LogP) is 3.27. The Morgan fingerprint density at radius 2 is 1.50 bits per heavy atom. The fraction of sp³-hybridized carbons (Fsp3) is 0. The highest BCUT2D eigenvalue weighted by Gasteiger charge is 2.15. The zero-order valence-corrected chi connectivity index (χ0v) is 10.7. The van der Waals surface area contributed by atoms with Crippen molar-refractivity contribution in [1.82, 2.24) is 0 Å². The summed E-state index contributed by atoms with van der Waals surface area (Å²) in [7, 11) is 0. The van der Waals surface area contributed by atoms with Gasteiger partial charge < -0.3 is 11.5 Å².